The Kier molecular flexibility index (Phi) is 4.00. The SMILES string of the molecule is CCN(c1ccc(CO)cc1)c1ccccc1C. The Bertz CT molecular complexity index is 505. The van der Waals surface area contributed by atoms with Gasteiger partial charge in [0.1, 0.15) is 0 Å². The van der Waals surface area contributed by atoms with Crippen LogP contribution in [0, 0.1) is 6.92 Å². The quantitative estimate of drug-likeness (QED) is 0.883. The number of benzene rings is 2. The molecule has 0 spiro atoms. The van der Waals surface area contributed by atoms with E-state index in [1.54, 1.807) is 0 Å². The van der Waals surface area contributed by atoms with E-state index >= 15 is 0 Å². The van der Waals surface area contributed by atoms with Gasteiger partial charge >= 0.3 is 0 Å². The number of hydrogen-bond donors (Lipinski definition) is 1. The van der Waals surface area contributed by atoms with Crippen molar-refractivity contribution >= 4 is 11.4 Å². The summed E-state index contributed by atoms with van der Waals surface area (Å²) in [5.41, 5.74) is 4.60. The Balaban J connectivity index is 2.36. The largest absolute Gasteiger partial charge is 0.392 e. The number of nitrogens with zero attached hydrogens (tertiary/aromatic N) is 1. The molecule has 0 atom stereocenters. The molecule has 0 aromatic heterocycles. The van der Waals surface area contributed by atoms with E-state index < -0.39 is 0 Å². The fourth-order valence-electron chi connectivity index (χ4n) is 2.14. The first-order valence-electron chi connectivity index (χ1n) is 6.29. The van der Waals surface area contributed by atoms with Crippen LogP contribution in [0.25, 0.3) is 0 Å². The number of aliphatic hydroxyl groups excluding tert-OH is 1. The van der Waals surface area contributed by atoms with Crippen LogP contribution in [-0.4, -0.2) is 11.7 Å². The number of para-hydroxylation sites is 1. The van der Waals surface area contributed by atoms with E-state index in [9.17, 15) is 0 Å². The van der Waals surface area contributed by atoms with Gasteiger partial charge in [0, 0.05) is 17.9 Å². The van der Waals surface area contributed by atoms with Crippen molar-refractivity contribution in [2.24, 2.45) is 0 Å². The van der Waals surface area contributed by atoms with E-state index in [2.05, 4.69) is 55.1 Å². The Hall–Kier alpha value is -1.80. The van der Waals surface area contributed by atoms with Crippen LogP contribution in [0.3, 0.4) is 0 Å². The molecule has 2 nitrogen and oxygen atoms in total. The molecule has 2 aromatic rings. The molecule has 0 bridgehead atoms. The molecular formula is C16H19NO. The first-order valence-corrected chi connectivity index (χ1v) is 6.29. The summed E-state index contributed by atoms with van der Waals surface area (Å²) in [4.78, 5) is 2.27. The van der Waals surface area contributed by atoms with E-state index in [1.807, 2.05) is 12.1 Å². The fraction of sp³-hybridized carbons (Fsp3) is 0.250. The maximum atomic E-state index is 9.07. The molecular weight excluding hydrogens is 222 g/mol. The van der Waals surface area contributed by atoms with Crippen LogP contribution >= 0.6 is 0 Å². The van der Waals surface area contributed by atoms with E-state index in [1.165, 1.54) is 11.3 Å². The highest BCUT2D eigenvalue weighted by molar-refractivity contribution is 5.66. The molecule has 0 fully saturated rings. The van der Waals surface area contributed by atoms with Gasteiger partial charge in [-0.2, -0.15) is 0 Å². The minimum atomic E-state index is 0.0940. The average Bonchev–Trinajstić information content (AvgIpc) is 2.42. The van der Waals surface area contributed by atoms with Crippen LogP contribution in [0.5, 0.6) is 0 Å². The van der Waals surface area contributed by atoms with Crippen molar-refractivity contribution in [1.82, 2.24) is 0 Å². The maximum Gasteiger partial charge on any atom is 0.0681 e. The second kappa shape index (κ2) is 5.69. The van der Waals surface area contributed by atoms with Gasteiger partial charge in [0.05, 0.1) is 6.61 Å². The highest BCUT2D eigenvalue weighted by Crippen LogP contribution is 2.27. The van der Waals surface area contributed by atoms with Crippen molar-refractivity contribution in [2.45, 2.75) is 20.5 Å². The Morgan fingerprint density at radius 1 is 1.00 bits per heavy atom. The van der Waals surface area contributed by atoms with Gasteiger partial charge < -0.3 is 10.0 Å². The molecule has 0 radical (unpaired) electrons. The predicted molar refractivity (Wildman–Crippen MR) is 76.2 cm³/mol. The third kappa shape index (κ3) is 2.54. The van der Waals surface area contributed by atoms with Crippen LogP contribution in [0.4, 0.5) is 11.4 Å². The second-order valence-corrected chi connectivity index (χ2v) is 4.36. The fourth-order valence-corrected chi connectivity index (χ4v) is 2.14. The summed E-state index contributed by atoms with van der Waals surface area (Å²) in [6, 6.07) is 16.4. The minimum Gasteiger partial charge on any atom is -0.392 e. The third-order valence-corrected chi connectivity index (χ3v) is 3.15. The molecule has 2 rings (SSSR count). The molecule has 0 amide bonds. The zero-order valence-electron chi connectivity index (χ0n) is 10.9. The Labute approximate surface area is 109 Å². The zero-order chi connectivity index (χ0) is 13.0. The van der Waals surface area contributed by atoms with E-state index in [-0.39, 0.29) is 6.61 Å². The lowest BCUT2D eigenvalue weighted by Gasteiger charge is -2.25. The normalized spacial score (nSPS) is 10.4. The molecule has 0 aliphatic carbocycles. The summed E-state index contributed by atoms with van der Waals surface area (Å²) in [5.74, 6) is 0. The van der Waals surface area contributed by atoms with Crippen LogP contribution in [-0.2, 0) is 6.61 Å². The summed E-state index contributed by atoms with van der Waals surface area (Å²) in [5, 5.41) is 9.07. The highest BCUT2D eigenvalue weighted by atomic mass is 16.3. The van der Waals surface area contributed by atoms with Gasteiger partial charge in [-0.15, -0.1) is 0 Å². The lowest BCUT2D eigenvalue weighted by Crippen LogP contribution is -2.16. The highest BCUT2D eigenvalue weighted by Gasteiger charge is 2.08. The molecule has 0 aliphatic rings. The lowest BCUT2D eigenvalue weighted by atomic mass is 10.1. The molecule has 18 heavy (non-hydrogen) atoms. The van der Waals surface area contributed by atoms with Crippen LogP contribution in [0.15, 0.2) is 48.5 Å². The molecule has 0 unspecified atom stereocenters. The van der Waals surface area contributed by atoms with Crippen molar-refractivity contribution in [3.63, 3.8) is 0 Å². The molecule has 0 heterocycles. The van der Waals surface area contributed by atoms with Crippen molar-refractivity contribution in [3.05, 3.63) is 59.7 Å². The van der Waals surface area contributed by atoms with Gasteiger partial charge in [-0.1, -0.05) is 30.3 Å². The molecule has 0 saturated carbocycles. The third-order valence-electron chi connectivity index (χ3n) is 3.15. The average molecular weight is 241 g/mol. The van der Waals surface area contributed by atoms with E-state index in [4.69, 9.17) is 5.11 Å². The smallest absolute Gasteiger partial charge is 0.0681 e. The van der Waals surface area contributed by atoms with Gasteiger partial charge in [-0.05, 0) is 43.2 Å². The molecule has 1 N–H and O–H groups in total. The van der Waals surface area contributed by atoms with Gasteiger partial charge in [0.2, 0.25) is 0 Å². The molecule has 0 aliphatic heterocycles. The summed E-state index contributed by atoms with van der Waals surface area (Å²) in [6.45, 7) is 5.28. The molecule has 2 aromatic carbocycles. The first kappa shape index (κ1) is 12.7. The standard InChI is InChI=1S/C16H19NO/c1-3-17(16-7-5-4-6-13(16)2)15-10-8-14(12-18)9-11-15/h4-11,18H,3,12H2,1-2H3. The van der Waals surface area contributed by atoms with Gasteiger partial charge in [-0.25, -0.2) is 0 Å². The lowest BCUT2D eigenvalue weighted by molar-refractivity contribution is 0.282. The monoisotopic (exact) mass is 241 g/mol. The summed E-state index contributed by atoms with van der Waals surface area (Å²) in [6.07, 6.45) is 0. The van der Waals surface area contributed by atoms with Gasteiger partial charge in [0.15, 0.2) is 0 Å². The second-order valence-electron chi connectivity index (χ2n) is 4.36. The van der Waals surface area contributed by atoms with Gasteiger partial charge in [-0.3, -0.25) is 0 Å². The number of rotatable bonds is 4. The molecule has 0 saturated heterocycles. The number of hydrogen-bond acceptors (Lipinski definition) is 2. The van der Waals surface area contributed by atoms with Gasteiger partial charge in [0.25, 0.3) is 0 Å². The summed E-state index contributed by atoms with van der Waals surface area (Å²) in [7, 11) is 0. The van der Waals surface area contributed by atoms with Crippen molar-refractivity contribution in [2.75, 3.05) is 11.4 Å². The summed E-state index contributed by atoms with van der Waals surface area (Å²) < 4.78 is 0. The predicted octanol–water partition coefficient (Wildman–Crippen LogP) is 3.65. The zero-order valence-corrected chi connectivity index (χ0v) is 10.9. The first-order chi connectivity index (χ1) is 8.76. The number of aliphatic hydroxyl groups is 1. The number of aryl methyl sites for hydroxylation is 1. The van der Waals surface area contributed by atoms with Crippen LogP contribution < -0.4 is 4.90 Å². The molecule has 2 heteroatoms. The van der Waals surface area contributed by atoms with Crippen LogP contribution in [0.2, 0.25) is 0 Å². The minimum absolute atomic E-state index is 0.0940. The topological polar surface area (TPSA) is 23.5 Å². The van der Waals surface area contributed by atoms with Crippen molar-refractivity contribution < 1.29 is 5.11 Å². The van der Waals surface area contributed by atoms with E-state index in [0.717, 1.165) is 17.8 Å². The Morgan fingerprint density at radius 2 is 1.67 bits per heavy atom. The number of anilines is 2. The maximum absolute atomic E-state index is 9.07. The van der Waals surface area contributed by atoms with Crippen molar-refractivity contribution in [3.8, 4) is 0 Å². The van der Waals surface area contributed by atoms with Crippen LogP contribution in [0.1, 0.15) is 18.1 Å². The Morgan fingerprint density at radius 3 is 2.22 bits per heavy atom. The van der Waals surface area contributed by atoms with Crippen molar-refractivity contribution in [1.29, 1.82) is 0 Å². The van der Waals surface area contributed by atoms with E-state index in [0.29, 0.717) is 0 Å². The summed E-state index contributed by atoms with van der Waals surface area (Å²) >= 11 is 0. The molecule has 94 valence electrons.